The van der Waals surface area contributed by atoms with E-state index in [0.717, 1.165) is 6.66 Å². The van der Waals surface area contributed by atoms with E-state index in [9.17, 15) is 33.5 Å². The Morgan fingerprint density at radius 2 is 0.975 bits per heavy atom. The van der Waals surface area contributed by atoms with Crippen LogP contribution in [0.4, 0.5) is 0 Å². The number of phosphoric acid groups is 2. The summed E-state index contributed by atoms with van der Waals surface area (Å²) >= 11 is 0. The summed E-state index contributed by atoms with van der Waals surface area (Å²) in [5, 5.41) is 9.58. The van der Waals surface area contributed by atoms with Gasteiger partial charge in [-0.25, -0.2) is 9.13 Å². The molecular weight excluding hydrogens is 585 g/mol. The molecule has 0 saturated heterocycles. The standard InChI is InChI=1S/C25H43O12P3/c1-17-5-8-20(14-26)23(11-17)36-39(29,30)34-16-22-10-7-19(3)13-25(22)37-40(31,32)33-15-21-9-6-18(2)12-24(21)35-38(4,27)28/h5-10,17-26H,11-16H2,1-4H3,(H,27,28)(H,29,30)(H,31,32). The van der Waals surface area contributed by atoms with Crippen LogP contribution in [0.2, 0.25) is 0 Å². The molecule has 12 unspecified atom stereocenters. The Labute approximate surface area is 236 Å². The Hall–Kier alpha value is -0.450. The number of aliphatic hydroxyl groups is 1. The van der Waals surface area contributed by atoms with Gasteiger partial charge in [0.1, 0.15) is 0 Å². The van der Waals surface area contributed by atoms with Gasteiger partial charge >= 0.3 is 23.2 Å². The third-order valence-corrected chi connectivity index (χ3v) is 9.93. The fourth-order valence-corrected chi connectivity index (χ4v) is 7.87. The van der Waals surface area contributed by atoms with E-state index in [-0.39, 0.29) is 37.6 Å². The van der Waals surface area contributed by atoms with Crippen LogP contribution in [0.15, 0.2) is 36.5 Å². The minimum atomic E-state index is -4.61. The molecule has 3 aliphatic carbocycles. The second-order valence-electron chi connectivity index (χ2n) is 11.2. The molecule has 0 aromatic heterocycles. The number of phosphoric ester groups is 2. The quantitative estimate of drug-likeness (QED) is 0.162. The molecule has 0 heterocycles. The van der Waals surface area contributed by atoms with E-state index < -0.39 is 59.3 Å². The minimum Gasteiger partial charge on any atom is -0.396 e. The van der Waals surface area contributed by atoms with Crippen LogP contribution in [0, 0.1) is 35.5 Å². The highest BCUT2D eigenvalue weighted by atomic mass is 31.2. The van der Waals surface area contributed by atoms with Crippen molar-refractivity contribution in [3.05, 3.63) is 36.5 Å². The normalized spacial score (nSPS) is 38.9. The van der Waals surface area contributed by atoms with E-state index in [2.05, 4.69) is 0 Å². The van der Waals surface area contributed by atoms with Crippen molar-refractivity contribution in [3.63, 3.8) is 0 Å². The number of allylic oxidation sites excluding steroid dienone is 3. The maximum Gasteiger partial charge on any atom is 0.472 e. The fourth-order valence-electron chi connectivity index (χ4n) is 5.11. The second kappa shape index (κ2) is 14.3. The van der Waals surface area contributed by atoms with Crippen molar-refractivity contribution in [2.24, 2.45) is 35.5 Å². The van der Waals surface area contributed by atoms with Gasteiger partial charge in [0.05, 0.1) is 38.1 Å². The summed E-state index contributed by atoms with van der Waals surface area (Å²) in [7, 11) is -12.9. The smallest absolute Gasteiger partial charge is 0.396 e. The number of aliphatic hydroxyl groups excluding tert-OH is 1. The molecule has 40 heavy (non-hydrogen) atoms. The lowest BCUT2D eigenvalue weighted by Gasteiger charge is -2.34. The van der Waals surface area contributed by atoms with Gasteiger partial charge in [-0.1, -0.05) is 57.2 Å². The summed E-state index contributed by atoms with van der Waals surface area (Å²) in [6.45, 7) is 6.01. The zero-order valence-corrected chi connectivity index (χ0v) is 26.0. The van der Waals surface area contributed by atoms with Gasteiger partial charge in [-0.05, 0) is 37.0 Å². The average molecular weight is 629 g/mol. The first-order valence-corrected chi connectivity index (χ1v) is 18.5. The number of hydrogen-bond acceptors (Lipinski definition) is 9. The van der Waals surface area contributed by atoms with Crippen molar-refractivity contribution in [3.8, 4) is 0 Å². The van der Waals surface area contributed by atoms with E-state index in [0.29, 0.717) is 19.3 Å². The second-order valence-corrected chi connectivity index (χ2v) is 15.9. The van der Waals surface area contributed by atoms with Gasteiger partial charge in [0.2, 0.25) is 0 Å². The lowest BCUT2D eigenvalue weighted by atomic mass is 9.87. The zero-order chi connectivity index (χ0) is 29.7. The molecule has 0 radical (unpaired) electrons. The molecule has 15 heteroatoms. The molecule has 0 fully saturated rings. The largest absolute Gasteiger partial charge is 0.472 e. The Morgan fingerprint density at radius 1 is 0.625 bits per heavy atom. The van der Waals surface area contributed by atoms with Crippen LogP contribution in [0.1, 0.15) is 40.0 Å². The Bertz CT molecular complexity index is 1070. The monoisotopic (exact) mass is 628 g/mol. The van der Waals surface area contributed by atoms with Crippen molar-refractivity contribution >= 4 is 23.2 Å². The molecule has 3 aliphatic rings. The summed E-state index contributed by atoms with van der Waals surface area (Å²) < 4.78 is 64.2. The molecule has 12 nitrogen and oxygen atoms in total. The molecule has 0 amide bonds. The van der Waals surface area contributed by atoms with Crippen LogP contribution in [0.25, 0.3) is 0 Å². The molecule has 0 aromatic carbocycles. The maximum absolute atomic E-state index is 12.9. The van der Waals surface area contributed by atoms with Crippen molar-refractivity contribution in [1.29, 1.82) is 0 Å². The fraction of sp³-hybridized carbons (Fsp3) is 0.760. The van der Waals surface area contributed by atoms with Crippen molar-refractivity contribution in [1.82, 2.24) is 0 Å². The Balaban J connectivity index is 1.59. The van der Waals surface area contributed by atoms with Gasteiger partial charge < -0.3 is 24.3 Å². The molecule has 12 atom stereocenters. The lowest BCUT2D eigenvalue weighted by Crippen LogP contribution is -2.32. The van der Waals surface area contributed by atoms with E-state index in [1.807, 2.05) is 39.0 Å². The first-order chi connectivity index (χ1) is 18.6. The zero-order valence-electron chi connectivity index (χ0n) is 23.3. The summed E-state index contributed by atoms with van der Waals surface area (Å²) in [6.07, 6.45) is 9.87. The molecule has 0 spiro atoms. The minimum absolute atomic E-state index is 0.00283. The summed E-state index contributed by atoms with van der Waals surface area (Å²) in [6, 6.07) is 0. The van der Waals surface area contributed by atoms with Crippen LogP contribution in [0.3, 0.4) is 0 Å². The predicted molar refractivity (Wildman–Crippen MR) is 148 cm³/mol. The van der Waals surface area contributed by atoms with Gasteiger partial charge in [-0.3, -0.25) is 22.7 Å². The highest BCUT2D eigenvalue weighted by Crippen LogP contribution is 2.51. The van der Waals surface area contributed by atoms with Crippen LogP contribution < -0.4 is 0 Å². The SMILES string of the molecule is CC1C=CC(COP(=O)(O)OC2CC(C)C=CC2COP(=O)(O)OC2CC(C)C=CC2CO)C(OP(C)(=O)O)C1. The number of rotatable bonds is 13. The van der Waals surface area contributed by atoms with Gasteiger partial charge in [0.15, 0.2) is 0 Å². The number of hydrogen-bond donors (Lipinski definition) is 4. The average Bonchev–Trinajstić information content (AvgIpc) is 2.82. The molecule has 3 rings (SSSR count). The first-order valence-electron chi connectivity index (χ1n) is 13.5. The van der Waals surface area contributed by atoms with Gasteiger partial charge in [0.25, 0.3) is 0 Å². The van der Waals surface area contributed by atoms with E-state index in [4.69, 9.17) is 22.6 Å². The highest BCUT2D eigenvalue weighted by molar-refractivity contribution is 7.51. The van der Waals surface area contributed by atoms with Crippen LogP contribution in [-0.4, -0.2) is 64.6 Å². The van der Waals surface area contributed by atoms with Crippen LogP contribution in [-0.2, 0) is 36.3 Å². The van der Waals surface area contributed by atoms with Crippen molar-refractivity contribution in [2.45, 2.75) is 58.3 Å². The summed E-state index contributed by atoms with van der Waals surface area (Å²) in [4.78, 5) is 30.6. The van der Waals surface area contributed by atoms with Crippen molar-refractivity contribution in [2.75, 3.05) is 26.5 Å². The van der Waals surface area contributed by atoms with Gasteiger partial charge in [-0.15, -0.1) is 0 Å². The third-order valence-electron chi connectivity index (χ3n) is 7.24. The van der Waals surface area contributed by atoms with Gasteiger partial charge in [-0.2, -0.15) is 0 Å². The maximum atomic E-state index is 12.9. The molecule has 230 valence electrons. The molecule has 0 bridgehead atoms. The topological polar surface area (TPSA) is 178 Å². The van der Waals surface area contributed by atoms with Gasteiger partial charge in [0, 0.05) is 24.4 Å². The summed E-state index contributed by atoms with van der Waals surface area (Å²) in [5.74, 6) is -1.41. The Kier molecular flexibility index (Phi) is 12.2. The highest BCUT2D eigenvalue weighted by Gasteiger charge is 2.39. The van der Waals surface area contributed by atoms with Crippen LogP contribution in [0.5, 0.6) is 0 Å². The van der Waals surface area contributed by atoms with E-state index >= 15 is 0 Å². The summed E-state index contributed by atoms with van der Waals surface area (Å²) in [5.41, 5.74) is 0. The third kappa shape index (κ3) is 11.0. The Morgan fingerprint density at radius 3 is 1.35 bits per heavy atom. The molecule has 0 aliphatic heterocycles. The van der Waals surface area contributed by atoms with E-state index in [1.54, 1.807) is 18.2 Å². The van der Waals surface area contributed by atoms with Crippen molar-refractivity contribution < 1.29 is 56.1 Å². The first kappa shape index (κ1) is 34.0. The molecule has 4 N–H and O–H groups in total. The van der Waals surface area contributed by atoms with Crippen LogP contribution >= 0.6 is 23.2 Å². The lowest BCUT2D eigenvalue weighted by molar-refractivity contribution is 0.0206. The molecule has 0 saturated carbocycles. The van der Waals surface area contributed by atoms with E-state index in [1.165, 1.54) is 0 Å². The molecule has 0 aromatic rings. The predicted octanol–water partition coefficient (Wildman–Crippen LogP) is 4.82. The molecular formula is C25H43O12P3.